The molecule has 6 heteroatoms. The lowest BCUT2D eigenvalue weighted by Crippen LogP contribution is -1.98. The minimum absolute atomic E-state index is 0.460. The lowest BCUT2D eigenvalue weighted by Gasteiger charge is -2.08. The number of benzene rings is 3. The summed E-state index contributed by atoms with van der Waals surface area (Å²) >= 11 is 0. The molecule has 0 saturated heterocycles. The van der Waals surface area contributed by atoms with Crippen LogP contribution in [-0.4, -0.2) is 25.6 Å². The van der Waals surface area contributed by atoms with Gasteiger partial charge in [-0.1, -0.05) is 54.6 Å². The van der Waals surface area contributed by atoms with Crippen molar-refractivity contribution in [2.45, 2.75) is 25.9 Å². The standard InChI is InChI=1S/C26H23N5O/c1-2-10-25-21(8-1)13-14-23(27-25)18-32-24-15-11-19(12-16-24)5-3-6-20-7-4-9-22(17-20)26-28-30-31-29-26/h1-2,4,7-17H,3,5-6,18H2,(H,28,29,30,31). The predicted octanol–water partition coefficient (Wildman–Crippen LogP) is 5.17. The molecule has 32 heavy (non-hydrogen) atoms. The number of pyridine rings is 1. The zero-order valence-corrected chi connectivity index (χ0v) is 17.6. The monoisotopic (exact) mass is 421 g/mol. The Balaban J connectivity index is 1.13. The fourth-order valence-corrected chi connectivity index (χ4v) is 3.75. The van der Waals surface area contributed by atoms with Crippen molar-refractivity contribution < 1.29 is 4.74 Å². The van der Waals surface area contributed by atoms with E-state index < -0.39 is 0 Å². The van der Waals surface area contributed by atoms with Gasteiger partial charge in [0.05, 0.1) is 11.2 Å². The summed E-state index contributed by atoms with van der Waals surface area (Å²) in [5.41, 5.74) is 5.51. The van der Waals surface area contributed by atoms with Crippen molar-refractivity contribution in [2.75, 3.05) is 0 Å². The zero-order valence-electron chi connectivity index (χ0n) is 17.6. The molecule has 0 atom stereocenters. The zero-order chi connectivity index (χ0) is 21.6. The summed E-state index contributed by atoms with van der Waals surface area (Å²) in [5, 5.41) is 15.2. The third-order valence-corrected chi connectivity index (χ3v) is 5.44. The second kappa shape index (κ2) is 9.39. The number of hydrogen-bond acceptors (Lipinski definition) is 5. The fourth-order valence-electron chi connectivity index (χ4n) is 3.75. The minimum atomic E-state index is 0.460. The van der Waals surface area contributed by atoms with Crippen LogP contribution in [0.15, 0.2) is 84.9 Å². The Morgan fingerprint density at radius 1 is 0.781 bits per heavy atom. The highest BCUT2D eigenvalue weighted by Gasteiger charge is 2.04. The molecule has 5 rings (SSSR count). The summed E-state index contributed by atoms with van der Waals surface area (Å²) < 4.78 is 5.94. The molecular formula is C26H23N5O. The first-order valence-electron chi connectivity index (χ1n) is 10.7. The van der Waals surface area contributed by atoms with Crippen molar-refractivity contribution in [1.82, 2.24) is 25.6 Å². The van der Waals surface area contributed by atoms with Gasteiger partial charge in [-0.25, -0.2) is 10.1 Å². The van der Waals surface area contributed by atoms with Gasteiger partial charge in [-0.15, -0.1) is 5.10 Å². The molecule has 5 aromatic rings. The molecule has 3 aromatic carbocycles. The average molecular weight is 422 g/mol. The van der Waals surface area contributed by atoms with Crippen LogP contribution in [0.1, 0.15) is 23.2 Å². The lowest BCUT2D eigenvalue weighted by atomic mass is 10.0. The second-order valence-electron chi connectivity index (χ2n) is 7.73. The van der Waals surface area contributed by atoms with Crippen LogP contribution in [-0.2, 0) is 19.4 Å². The van der Waals surface area contributed by atoms with E-state index in [0.717, 1.165) is 47.2 Å². The molecule has 2 heterocycles. The van der Waals surface area contributed by atoms with Crippen molar-refractivity contribution in [3.05, 3.63) is 102 Å². The van der Waals surface area contributed by atoms with Crippen LogP contribution in [0.3, 0.4) is 0 Å². The van der Waals surface area contributed by atoms with Crippen LogP contribution in [0.2, 0.25) is 0 Å². The van der Waals surface area contributed by atoms with Gasteiger partial charge in [0.1, 0.15) is 12.4 Å². The van der Waals surface area contributed by atoms with Gasteiger partial charge in [0.2, 0.25) is 0 Å². The normalized spacial score (nSPS) is 11.0. The maximum absolute atomic E-state index is 5.94. The van der Waals surface area contributed by atoms with E-state index in [2.05, 4.69) is 62.0 Å². The van der Waals surface area contributed by atoms with Crippen molar-refractivity contribution in [3.63, 3.8) is 0 Å². The van der Waals surface area contributed by atoms with E-state index in [1.165, 1.54) is 11.1 Å². The van der Waals surface area contributed by atoms with Crippen LogP contribution in [0.4, 0.5) is 0 Å². The van der Waals surface area contributed by atoms with Crippen LogP contribution >= 0.6 is 0 Å². The number of H-pyrrole nitrogens is 1. The van der Waals surface area contributed by atoms with Crippen molar-refractivity contribution in [1.29, 1.82) is 0 Å². The number of aryl methyl sites for hydroxylation is 2. The first kappa shape index (κ1) is 19.9. The Hall–Kier alpha value is -4.06. The van der Waals surface area contributed by atoms with Gasteiger partial charge < -0.3 is 4.74 Å². The van der Waals surface area contributed by atoms with E-state index in [0.29, 0.717) is 12.4 Å². The van der Waals surface area contributed by atoms with E-state index in [1.807, 2.05) is 48.5 Å². The minimum Gasteiger partial charge on any atom is -0.487 e. The smallest absolute Gasteiger partial charge is 0.179 e. The fraction of sp³-hybridized carbons (Fsp3) is 0.154. The molecule has 158 valence electrons. The third kappa shape index (κ3) is 4.81. The summed E-state index contributed by atoms with van der Waals surface area (Å²) in [6.07, 6.45) is 3.08. The van der Waals surface area contributed by atoms with Crippen molar-refractivity contribution >= 4 is 10.9 Å². The van der Waals surface area contributed by atoms with Gasteiger partial charge in [-0.2, -0.15) is 0 Å². The Morgan fingerprint density at radius 3 is 2.53 bits per heavy atom. The largest absolute Gasteiger partial charge is 0.487 e. The number of tetrazole rings is 1. The Bertz CT molecular complexity index is 1300. The first-order chi connectivity index (χ1) is 15.8. The SMILES string of the molecule is c1cc(CCCc2ccc(OCc3ccc4ccccc4n3)cc2)cc(-c2nnn[nH]2)c1. The molecule has 0 fully saturated rings. The van der Waals surface area contributed by atoms with E-state index in [-0.39, 0.29) is 0 Å². The molecular weight excluding hydrogens is 398 g/mol. The average Bonchev–Trinajstić information content (AvgIpc) is 3.39. The highest BCUT2D eigenvalue weighted by molar-refractivity contribution is 5.78. The quantitative estimate of drug-likeness (QED) is 0.374. The Morgan fingerprint density at radius 2 is 1.66 bits per heavy atom. The van der Waals surface area contributed by atoms with Crippen LogP contribution in [0.25, 0.3) is 22.3 Å². The molecule has 0 spiro atoms. The maximum Gasteiger partial charge on any atom is 0.179 e. The predicted molar refractivity (Wildman–Crippen MR) is 124 cm³/mol. The van der Waals surface area contributed by atoms with Gasteiger partial charge in [0.15, 0.2) is 5.82 Å². The Kier molecular flexibility index (Phi) is 5.83. The first-order valence-corrected chi connectivity index (χ1v) is 10.7. The van der Waals surface area contributed by atoms with Crippen LogP contribution < -0.4 is 4.74 Å². The molecule has 0 unspecified atom stereocenters. The number of nitrogens with zero attached hydrogens (tertiary/aromatic N) is 4. The molecule has 0 aliphatic heterocycles. The number of rotatable bonds is 8. The van der Waals surface area contributed by atoms with Gasteiger partial charge in [-0.3, -0.25) is 0 Å². The topological polar surface area (TPSA) is 76.6 Å². The van der Waals surface area contributed by atoms with E-state index in [9.17, 15) is 0 Å². The summed E-state index contributed by atoms with van der Waals surface area (Å²) in [6.45, 7) is 0.460. The molecule has 1 N–H and O–H groups in total. The lowest BCUT2D eigenvalue weighted by molar-refractivity contribution is 0.301. The highest BCUT2D eigenvalue weighted by atomic mass is 16.5. The number of ether oxygens (including phenoxy) is 1. The summed E-state index contributed by atoms with van der Waals surface area (Å²) in [4.78, 5) is 4.66. The van der Waals surface area contributed by atoms with Crippen LogP contribution in [0, 0.1) is 0 Å². The molecule has 0 radical (unpaired) electrons. The summed E-state index contributed by atoms with van der Waals surface area (Å²) in [6, 6.07) is 28.9. The number of fused-ring (bicyclic) bond motifs is 1. The molecule has 0 bridgehead atoms. The maximum atomic E-state index is 5.94. The third-order valence-electron chi connectivity index (χ3n) is 5.44. The molecule has 0 aliphatic rings. The number of para-hydroxylation sites is 1. The number of aromatic amines is 1. The van der Waals surface area contributed by atoms with Crippen molar-refractivity contribution in [2.24, 2.45) is 0 Å². The van der Waals surface area contributed by atoms with E-state index >= 15 is 0 Å². The second-order valence-corrected chi connectivity index (χ2v) is 7.73. The summed E-state index contributed by atoms with van der Waals surface area (Å²) in [5.74, 6) is 1.55. The van der Waals surface area contributed by atoms with Gasteiger partial charge in [-0.05, 0) is 71.1 Å². The van der Waals surface area contributed by atoms with Crippen LogP contribution in [0.5, 0.6) is 5.75 Å². The van der Waals surface area contributed by atoms with E-state index in [1.54, 1.807) is 0 Å². The number of nitrogens with one attached hydrogen (secondary N) is 1. The summed E-state index contributed by atoms with van der Waals surface area (Å²) in [7, 11) is 0. The van der Waals surface area contributed by atoms with Gasteiger partial charge >= 0.3 is 0 Å². The molecule has 0 saturated carbocycles. The molecule has 0 aliphatic carbocycles. The van der Waals surface area contributed by atoms with E-state index in [4.69, 9.17) is 4.74 Å². The van der Waals surface area contributed by atoms with Crippen molar-refractivity contribution in [3.8, 4) is 17.1 Å². The molecule has 2 aromatic heterocycles. The number of aromatic nitrogens is 5. The molecule has 0 amide bonds. The van der Waals surface area contributed by atoms with Gasteiger partial charge in [0.25, 0.3) is 0 Å². The molecule has 6 nitrogen and oxygen atoms in total. The van der Waals surface area contributed by atoms with Gasteiger partial charge in [0, 0.05) is 10.9 Å². The Labute approximate surface area is 186 Å². The number of hydrogen-bond donors (Lipinski definition) is 1. The highest BCUT2D eigenvalue weighted by Crippen LogP contribution is 2.19.